The fraction of sp³-hybridized carbons (Fsp3) is 1.00. The van der Waals surface area contributed by atoms with Crippen molar-refractivity contribution in [2.24, 2.45) is 11.3 Å². The lowest BCUT2D eigenvalue weighted by atomic mass is 9.73. The smallest absolute Gasteiger partial charge is 0.0478 e. The molecular weight excluding hydrogens is 174 g/mol. The van der Waals surface area contributed by atoms with Gasteiger partial charge in [-0.3, -0.25) is 4.90 Å². The lowest BCUT2D eigenvalue weighted by molar-refractivity contribution is -0.119. The summed E-state index contributed by atoms with van der Waals surface area (Å²) in [5, 5.41) is 3.21. The second-order valence-corrected chi connectivity index (χ2v) is 5.56. The van der Waals surface area contributed by atoms with Gasteiger partial charge in [-0.05, 0) is 13.0 Å². The van der Waals surface area contributed by atoms with Crippen LogP contribution >= 0.6 is 0 Å². The highest BCUT2D eigenvalue weighted by Crippen LogP contribution is 2.39. The maximum absolute atomic E-state index is 3.21. The van der Waals surface area contributed by atoms with Crippen LogP contribution in [-0.4, -0.2) is 56.2 Å². The molecule has 0 aromatic rings. The fourth-order valence-corrected chi connectivity index (χ4v) is 2.99. The first-order chi connectivity index (χ1) is 6.63. The van der Waals surface area contributed by atoms with Crippen molar-refractivity contribution in [2.75, 3.05) is 46.4 Å². The maximum atomic E-state index is 3.21. The average molecular weight is 197 g/mol. The summed E-state index contributed by atoms with van der Waals surface area (Å²) in [5.41, 5.74) is 0.686. The molecular formula is C11H23N3. The molecule has 2 fully saturated rings. The Balaban J connectivity index is 1.64. The molecule has 0 bridgehead atoms. The van der Waals surface area contributed by atoms with Crippen LogP contribution in [0.3, 0.4) is 0 Å². The zero-order chi connectivity index (χ0) is 10.2. The molecule has 3 heteroatoms. The van der Waals surface area contributed by atoms with Crippen molar-refractivity contribution in [1.82, 2.24) is 15.1 Å². The van der Waals surface area contributed by atoms with E-state index < -0.39 is 0 Å². The Kier molecular flexibility index (Phi) is 2.82. The van der Waals surface area contributed by atoms with Gasteiger partial charge in [-0.1, -0.05) is 13.8 Å². The van der Waals surface area contributed by atoms with Gasteiger partial charge in [0, 0.05) is 44.8 Å². The molecule has 1 N–H and O–H groups in total. The molecule has 0 radical (unpaired) electrons. The second-order valence-electron chi connectivity index (χ2n) is 5.56. The van der Waals surface area contributed by atoms with Crippen LogP contribution in [0.1, 0.15) is 13.8 Å². The molecule has 2 aliphatic rings. The summed E-state index contributed by atoms with van der Waals surface area (Å²) in [6, 6.07) is 0. The maximum Gasteiger partial charge on any atom is 0.0478 e. The number of nitrogens with one attached hydrogen (secondary N) is 1. The van der Waals surface area contributed by atoms with Gasteiger partial charge in [-0.2, -0.15) is 0 Å². The third-order valence-corrected chi connectivity index (χ3v) is 3.24. The van der Waals surface area contributed by atoms with Crippen molar-refractivity contribution >= 4 is 0 Å². The first kappa shape index (κ1) is 10.4. The summed E-state index contributed by atoms with van der Waals surface area (Å²) < 4.78 is 0. The average Bonchev–Trinajstić information content (AvgIpc) is 1.95. The van der Waals surface area contributed by atoms with E-state index in [0.29, 0.717) is 5.41 Å². The zero-order valence-corrected chi connectivity index (χ0v) is 9.71. The van der Waals surface area contributed by atoms with Crippen LogP contribution in [-0.2, 0) is 0 Å². The fourth-order valence-electron chi connectivity index (χ4n) is 2.99. The Morgan fingerprint density at radius 1 is 1.14 bits per heavy atom. The lowest BCUT2D eigenvalue weighted by Crippen LogP contribution is -2.72. The molecule has 2 aliphatic heterocycles. The van der Waals surface area contributed by atoms with Gasteiger partial charge < -0.3 is 10.2 Å². The minimum atomic E-state index is 0.686. The van der Waals surface area contributed by atoms with Crippen molar-refractivity contribution in [1.29, 1.82) is 0 Å². The normalized spacial score (nSPS) is 26.6. The highest BCUT2D eigenvalue weighted by molar-refractivity contribution is 5.05. The highest BCUT2D eigenvalue weighted by atomic mass is 15.3. The predicted octanol–water partition coefficient (Wildman–Crippen LogP) is 0.437. The van der Waals surface area contributed by atoms with Crippen LogP contribution < -0.4 is 5.32 Å². The van der Waals surface area contributed by atoms with E-state index in [2.05, 4.69) is 29.0 Å². The number of hydrogen-bond acceptors (Lipinski definition) is 3. The topological polar surface area (TPSA) is 18.5 Å². The van der Waals surface area contributed by atoms with E-state index in [-0.39, 0.29) is 0 Å². The molecule has 0 amide bonds. The third-order valence-electron chi connectivity index (χ3n) is 3.24. The summed E-state index contributed by atoms with van der Waals surface area (Å²) in [4.78, 5) is 5.09. The molecule has 2 rings (SSSR count). The molecule has 14 heavy (non-hydrogen) atoms. The van der Waals surface area contributed by atoms with Gasteiger partial charge in [0.15, 0.2) is 0 Å². The first-order valence-electron chi connectivity index (χ1n) is 5.73. The monoisotopic (exact) mass is 197 g/mol. The number of hydrogen-bond donors (Lipinski definition) is 1. The molecule has 1 spiro atoms. The van der Waals surface area contributed by atoms with E-state index in [1.54, 1.807) is 0 Å². The molecule has 3 nitrogen and oxygen atoms in total. The Hall–Kier alpha value is -0.120. The predicted molar refractivity (Wildman–Crippen MR) is 59.2 cm³/mol. The number of likely N-dealkylation sites (tertiary alicyclic amines) is 2. The van der Waals surface area contributed by atoms with E-state index in [1.807, 2.05) is 7.05 Å². The van der Waals surface area contributed by atoms with Crippen molar-refractivity contribution in [2.45, 2.75) is 13.8 Å². The minimum Gasteiger partial charge on any atom is -0.307 e. The molecule has 82 valence electrons. The summed E-state index contributed by atoms with van der Waals surface area (Å²) >= 11 is 0. The van der Waals surface area contributed by atoms with E-state index in [9.17, 15) is 0 Å². The summed E-state index contributed by atoms with van der Waals surface area (Å²) in [7, 11) is 2.02. The van der Waals surface area contributed by atoms with E-state index >= 15 is 0 Å². The molecule has 0 unspecified atom stereocenters. The van der Waals surface area contributed by atoms with Crippen LogP contribution in [0.4, 0.5) is 0 Å². The molecule has 0 saturated carbocycles. The van der Waals surface area contributed by atoms with Gasteiger partial charge >= 0.3 is 0 Å². The van der Waals surface area contributed by atoms with Gasteiger partial charge in [0.05, 0.1) is 0 Å². The largest absolute Gasteiger partial charge is 0.307 e. The van der Waals surface area contributed by atoms with Crippen LogP contribution in [0.25, 0.3) is 0 Å². The highest BCUT2D eigenvalue weighted by Gasteiger charge is 2.50. The lowest BCUT2D eigenvalue weighted by Gasteiger charge is -2.60. The van der Waals surface area contributed by atoms with Gasteiger partial charge in [0.25, 0.3) is 0 Å². The van der Waals surface area contributed by atoms with E-state index in [4.69, 9.17) is 0 Å². The molecule has 0 atom stereocenters. The Morgan fingerprint density at radius 3 is 2.21 bits per heavy atom. The number of nitrogens with zero attached hydrogens (tertiary/aromatic N) is 2. The quantitative estimate of drug-likeness (QED) is 0.705. The zero-order valence-electron chi connectivity index (χ0n) is 9.71. The summed E-state index contributed by atoms with van der Waals surface area (Å²) in [6.07, 6.45) is 0. The molecule has 0 aromatic heterocycles. The molecule has 2 saturated heterocycles. The van der Waals surface area contributed by atoms with E-state index in [1.165, 1.54) is 32.7 Å². The van der Waals surface area contributed by atoms with Crippen molar-refractivity contribution in [3.8, 4) is 0 Å². The van der Waals surface area contributed by atoms with Crippen molar-refractivity contribution < 1.29 is 0 Å². The van der Waals surface area contributed by atoms with Crippen molar-refractivity contribution in [3.05, 3.63) is 0 Å². The van der Waals surface area contributed by atoms with Gasteiger partial charge in [0.1, 0.15) is 0 Å². The Bertz CT molecular complexity index is 189. The summed E-state index contributed by atoms with van der Waals surface area (Å²) in [5.74, 6) is 0.820. The van der Waals surface area contributed by atoms with Crippen LogP contribution in [0, 0.1) is 11.3 Å². The molecule has 0 aromatic carbocycles. The second kappa shape index (κ2) is 3.80. The first-order valence-corrected chi connectivity index (χ1v) is 5.73. The van der Waals surface area contributed by atoms with E-state index in [0.717, 1.165) is 12.6 Å². The van der Waals surface area contributed by atoms with Crippen LogP contribution in [0.5, 0.6) is 0 Å². The molecule has 2 heterocycles. The van der Waals surface area contributed by atoms with Gasteiger partial charge in [-0.25, -0.2) is 0 Å². The molecule has 0 aliphatic carbocycles. The van der Waals surface area contributed by atoms with Gasteiger partial charge in [-0.15, -0.1) is 0 Å². The minimum absolute atomic E-state index is 0.686. The van der Waals surface area contributed by atoms with Gasteiger partial charge in [0.2, 0.25) is 0 Å². The number of rotatable bonds is 4. The SMILES string of the molecule is CNCN1CC2(C1)CN(CC(C)C)C2. The van der Waals surface area contributed by atoms with Crippen LogP contribution in [0.15, 0.2) is 0 Å². The summed E-state index contributed by atoms with van der Waals surface area (Å²) in [6.45, 7) is 12.2. The standard InChI is InChI=1S/C11H23N3/c1-10(2)4-13-5-11(6-13)7-14(8-11)9-12-3/h10,12H,4-9H2,1-3H3. The van der Waals surface area contributed by atoms with Crippen LogP contribution in [0.2, 0.25) is 0 Å². The Morgan fingerprint density at radius 2 is 1.71 bits per heavy atom. The van der Waals surface area contributed by atoms with Crippen molar-refractivity contribution in [3.63, 3.8) is 0 Å². The third kappa shape index (κ3) is 1.95. The Labute approximate surface area is 87.4 Å².